The van der Waals surface area contributed by atoms with Crippen LogP contribution in [0.4, 0.5) is 5.82 Å². The first kappa shape index (κ1) is 18.9. The number of nitrogens with one attached hydrogen (secondary N) is 1. The van der Waals surface area contributed by atoms with Gasteiger partial charge in [0.15, 0.2) is 5.16 Å². The molecule has 1 aromatic heterocycles. The van der Waals surface area contributed by atoms with Crippen molar-refractivity contribution in [3.63, 3.8) is 0 Å². The fraction of sp³-hybridized carbons (Fsp3) is 0.778. The van der Waals surface area contributed by atoms with Crippen molar-refractivity contribution in [1.82, 2.24) is 20.2 Å². The Morgan fingerprint density at radius 2 is 2.12 bits per heavy atom. The Kier molecular flexibility index (Phi) is 7.34. The maximum atomic E-state index is 5.18. The van der Waals surface area contributed by atoms with Gasteiger partial charge >= 0.3 is 0 Å². The van der Waals surface area contributed by atoms with E-state index in [9.17, 15) is 0 Å². The van der Waals surface area contributed by atoms with E-state index < -0.39 is 0 Å². The van der Waals surface area contributed by atoms with Crippen LogP contribution >= 0.6 is 11.8 Å². The molecule has 2 aliphatic rings. The zero-order valence-corrected chi connectivity index (χ0v) is 16.3. The standard InChI is InChI=1S/C18H31N5OS/c1-24-12-11-22-8-4-15(14-22)13-20-16-5-9-23(10-6-16)17-3-7-19-18(21-17)25-2/h3,7,15-16,20H,4-6,8-14H2,1-2H3. The number of likely N-dealkylation sites (tertiary alicyclic amines) is 1. The molecular formula is C18H31N5OS. The number of hydrogen-bond donors (Lipinski definition) is 1. The normalized spacial score (nSPS) is 22.6. The lowest BCUT2D eigenvalue weighted by molar-refractivity contribution is 0.158. The number of ether oxygens (including phenoxy) is 1. The molecule has 0 bridgehead atoms. The van der Waals surface area contributed by atoms with Crippen molar-refractivity contribution in [3.05, 3.63) is 12.3 Å². The van der Waals surface area contributed by atoms with Gasteiger partial charge in [0.1, 0.15) is 5.82 Å². The van der Waals surface area contributed by atoms with Crippen LogP contribution in [0, 0.1) is 5.92 Å². The maximum Gasteiger partial charge on any atom is 0.189 e. The fourth-order valence-corrected chi connectivity index (χ4v) is 4.11. The quantitative estimate of drug-likeness (QED) is 0.556. The Hall–Kier alpha value is -0.890. The first-order valence-corrected chi connectivity index (χ1v) is 10.6. The molecule has 0 amide bonds. The summed E-state index contributed by atoms with van der Waals surface area (Å²) in [5, 5.41) is 4.67. The minimum absolute atomic E-state index is 0.645. The molecule has 7 heteroatoms. The predicted molar refractivity (Wildman–Crippen MR) is 103 cm³/mol. The zero-order valence-electron chi connectivity index (χ0n) is 15.5. The highest BCUT2D eigenvalue weighted by molar-refractivity contribution is 7.98. The SMILES string of the molecule is COCCN1CCC(CNC2CCN(c3ccnc(SC)n3)CC2)C1. The Morgan fingerprint density at radius 3 is 2.88 bits per heavy atom. The molecule has 0 radical (unpaired) electrons. The summed E-state index contributed by atoms with van der Waals surface area (Å²) in [6.07, 6.45) is 7.59. The summed E-state index contributed by atoms with van der Waals surface area (Å²) < 4.78 is 5.18. The molecule has 3 rings (SSSR count). The molecule has 2 saturated heterocycles. The van der Waals surface area contributed by atoms with Gasteiger partial charge in [-0.3, -0.25) is 0 Å². The highest BCUT2D eigenvalue weighted by Gasteiger charge is 2.24. The molecule has 0 saturated carbocycles. The van der Waals surface area contributed by atoms with Crippen LogP contribution in [0.3, 0.4) is 0 Å². The number of hydrogen-bond acceptors (Lipinski definition) is 7. The number of anilines is 1. The molecule has 0 aliphatic carbocycles. The number of thioether (sulfide) groups is 1. The minimum Gasteiger partial charge on any atom is -0.383 e. The maximum absolute atomic E-state index is 5.18. The van der Waals surface area contributed by atoms with Crippen LogP contribution in [-0.2, 0) is 4.74 Å². The largest absolute Gasteiger partial charge is 0.383 e. The Labute approximate surface area is 155 Å². The summed E-state index contributed by atoms with van der Waals surface area (Å²) in [4.78, 5) is 13.8. The topological polar surface area (TPSA) is 53.5 Å². The van der Waals surface area contributed by atoms with Crippen molar-refractivity contribution in [2.45, 2.75) is 30.5 Å². The molecule has 6 nitrogen and oxygen atoms in total. The van der Waals surface area contributed by atoms with Crippen molar-refractivity contribution >= 4 is 17.6 Å². The lowest BCUT2D eigenvalue weighted by atomic mass is 10.0. The molecule has 140 valence electrons. The van der Waals surface area contributed by atoms with Crippen LogP contribution in [0.2, 0.25) is 0 Å². The first-order valence-electron chi connectivity index (χ1n) is 9.35. The van der Waals surface area contributed by atoms with Gasteiger partial charge in [0, 0.05) is 45.5 Å². The van der Waals surface area contributed by atoms with E-state index >= 15 is 0 Å². The Bertz CT molecular complexity index is 524. The number of nitrogens with zero attached hydrogens (tertiary/aromatic N) is 4. The lowest BCUT2D eigenvalue weighted by Gasteiger charge is -2.33. The van der Waals surface area contributed by atoms with Gasteiger partial charge in [-0.1, -0.05) is 11.8 Å². The fourth-order valence-electron chi connectivity index (χ4n) is 3.76. The second kappa shape index (κ2) is 9.71. The third-order valence-corrected chi connectivity index (χ3v) is 5.86. The summed E-state index contributed by atoms with van der Waals surface area (Å²) in [6, 6.07) is 2.67. The van der Waals surface area contributed by atoms with E-state index in [4.69, 9.17) is 4.74 Å². The molecule has 0 aromatic carbocycles. The van der Waals surface area contributed by atoms with Crippen molar-refractivity contribution in [2.75, 3.05) is 64.1 Å². The average molecular weight is 366 g/mol. The number of piperidine rings is 1. The highest BCUT2D eigenvalue weighted by Crippen LogP contribution is 2.21. The molecule has 25 heavy (non-hydrogen) atoms. The monoisotopic (exact) mass is 365 g/mol. The summed E-state index contributed by atoms with van der Waals surface area (Å²) in [6.45, 7) is 7.66. The van der Waals surface area contributed by atoms with E-state index in [1.54, 1.807) is 18.9 Å². The molecule has 0 spiro atoms. The van der Waals surface area contributed by atoms with E-state index in [1.165, 1.54) is 32.4 Å². The highest BCUT2D eigenvalue weighted by atomic mass is 32.2. The van der Waals surface area contributed by atoms with Crippen LogP contribution < -0.4 is 10.2 Å². The summed E-state index contributed by atoms with van der Waals surface area (Å²) in [7, 11) is 1.78. The van der Waals surface area contributed by atoms with E-state index in [2.05, 4.69) is 25.1 Å². The zero-order chi connectivity index (χ0) is 17.5. The van der Waals surface area contributed by atoms with Gasteiger partial charge in [0.2, 0.25) is 0 Å². The van der Waals surface area contributed by atoms with Gasteiger partial charge in [-0.15, -0.1) is 0 Å². The Morgan fingerprint density at radius 1 is 1.28 bits per heavy atom. The first-order chi connectivity index (χ1) is 12.3. The molecule has 1 aromatic rings. The summed E-state index contributed by atoms with van der Waals surface area (Å²) >= 11 is 1.60. The third-order valence-electron chi connectivity index (χ3n) is 5.30. The van der Waals surface area contributed by atoms with Crippen molar-refractivity contribution in [1.29, 1.82) is 0 Å². The van der Waals surface area contributed by atoms with Crippen LogP contribution in [0.25, 0.3) is 0 Å². The number of methoxy groups -OCH3 is 1. The molecular weight excluding hydrogens is 334 g/mol. The van der Waals surface area contributed by atoms with Gasteiger partial charge < -0.3 is 19.9 Å². The van der Waals surface area contributed by atoms with Crippen molar-refractivity contribution < 1.29 is 4.74 Å². The molecule has 1 unspecified atom stereocenters. The number of aromatic nitrogens is 2. The molecule has 1 atom stereocenters. The van der Waals surface area contributed by atoms with Gasteiger partial charge in [0.05, 0.1) is 6.61 Å². The molecule has 2 fully saturated rings. The second-order valence-corrected chi connectivity index (χ2v) is 7.79. The summed E-state index contributed by atoms with van der Waals surface area (Å²) in [5.41, 5.74) is 0. The van der Waals surface area contributed by atoms with Crippen LogP contribution in [0.15, 0.2) is 17.4 Å². The smallest absolute Gasteiger partial charge is 0.189 e. The van der Waals surface area contributed by atoms with Gasteiger partial charge in [0.25, 0.3) is 0 Å². The lowest BCUT2D eigenvalue weighted by Crippen LogP contribution is -2.44. The predicted octanol–water partition coefficient (Wildman–Crippen LogP) is 1.73. The van der Waals surface area contributed by atoms with Gasteiger partial charge in [-0.2, -0.15) is 0 Å². The van der Waals surface area contributed by atoms with E-state index in [-0.39, 0.29) is 0 Å². The summed E-state index contributed by atoms with van der Waals surface area (Å²) in [5.74, 6) is 1.86. The minimum atomic E-state index is 0.645. The van der Waals surface area contributed by atoms with Crippen LogP contribution in [0.5, 0.6) is 0 Å². The molecule has 2 aliphatic heterocycles. The van der Waals surface area contributed by atoms with E-state index in [0.29, 0.717) is 6.04 Å². The van der Waals surface area contributed by atoms with Crippen molar-refractivity contribution in [3.8, 4) is 0 Å². The van der Waals surface area contributed by atoms with E-state index in [0.717, 1.165) is 49.7 Å². The van der Waals surface area contributed by atoms with Crippen LogP contribution in [-0.4, -0.2) is 80.2 Å². The Balaban J connectivity index is 1.37. The third kappa shape index (κ3) is 5.54. The second-order valence-electron chi connectivity index (χ2n) is 7.02. The van der Waals surface area contributed by atoms with Crippen molar-refractivity contribution in [2.24, 2.45) is 5.92 Å². The van der Waals surface area contributed by atoms with E-state index in [1.807, 2.05) is 18.5 Å². The van der Waals surface area contributed by atoms with Gasteiger partial charge in [-0.05, 0) is 50.6 Å². The van der Waals surface area contributed by atoms with Gasteiger partial charge in [-0.25, -0.2) is 9.97 Å². The average Bonchev–Trinajstić information content (AvgIpc) is 3.13. The van der Waals surface area contributed by atoms with Crippen LogP contribution in [0.1, 0.15) is 19.3 Å². The molecule has 3 heterocycles. The number of rotatable bonds is 8. The molecule has 1 N–H and O–H groups in total.